The summed E-state index contributed by atoms with van der Waals surface area (Å²) in [7, 11) is 0. The molecule has 1 aromatic carbocycles. The molecule has 0 spiro atoms. The molecule has 1 aromatic heterocycles. The summed E-state index contributed by atoms with van der Waals surface area (Å²) >= 11 is 0. The topological polar surface area (TPSA) is 45.7 Å². The number of fused-ring (bicyclic) bond motifs is 1. The Kier molecular flexibility index (Phi) is 8.75. The fraction of sp³-hybridized carbons (Fsp3) is 0.455. The molecule has 0 N–H and O–H groups in total. The van der Waals surface area contributed by atoms with Crippen molar-refractivity contribution in [3.63, 3.8) is 0 Å². The van der Waals surface area contributed by atoms with E-state index in [1.165, 1.54) is 19.3 Å². The molecular formula is C22H29Cl2N3O2. The lowest BCUT2D eigenvalue weighted by atomic mass is 10.0. The number of rotatable bonds is 5. The average molecular weight is 438 g/mol. The molecule has 1 amide bonds. The normalized spacial score (nSPS) is 20.0. The second-order valence-corrected chi connectivity index (χ2v) is 7.34. The SMILES string of the molecule is CCC1Oc2cccnc2N(C(CN2CCCCC2)c2ccccc2)C1=O.Cl.Cl. The molecule has 0 saturated carbocycles. The van der Waals surface area contributed by atoms with Gasteiger partial charge in [0.1, 0.15) is 0 Å². The first-order valence-corrected chi connectivity index (χ1v) is 10.00. The maximum Gasteiger partial charge on any atom is 0.269 e. The number of likely N-dealkylation sites (tertiary alicyclic amines) is 1. The Morgan fingerprint density at radius 2 is 1.79 bits per heavy atom. The van der Waals surface area contributed by atoms with Gasteiger partial charge in [0.25, 0.3) is 5.91 Å². The number of piperidine rings is 1. The quantitative estimate of drug-likeness (QED) is 0.682. The fourth-order valence-electron chi connectivity index (χ4n) is 4.08. The number of hydrogen-bond acceptors (Lipinski definition) is 4. The lowest BCUT2D eigenvalue weighted by Gasteiger charge is -2.40. The largest absolute Gasteiger partial charge is 0.477 e. The monoisotopic (exact) mass is 437 g/mol. The first-order chi connectivity index (χ1) is 13.3. The van der Waals surface area contributed by atoms with E-state index in [1.54, 1.807) is 6.20 Å². The van der Waals surface area contributed by atoms with Crippen LogP contribution in [0.1, 0.15) is 44.2 Å². The molecule has 1 saturated heterocycles. The van der Waals surface area contributed by atoms with Crippen molar-refractivity contribution >= 4 is 36.5 Å². The third kappa shape index (κ3) is 5.03. The van der Waals surface area contributed by atoms with Crippen molar-refractivity contribution in [3.8, 4) is 5.75 Å². The predicted octanol–water partition coefficient (Wildman–Crippen LogP) is 4.66. The van der Waals surface area contributed by atoms with Crippen molar-refractivity contribution < 1.29 is 9.53 Å². The van der Waals surface area contributed by atoms with Crippen LogP contribution in [-0.2, 0) is 4.79 Å². The van der Waals surface area contributed by atoms with E-state index in [2.05, 4.69) is 22.0 Å². The summed E-state index contributed by atoms with van der Waals surface area (Å²) in [5, 5.41) is 0. The van der Waals surface area contributed by atoms with Crippen LogP contribution < -0.4 is 9.64 Å². The molecule has 0 bridgehead atoms. The number of ether oxygens (including phenoxy) is 1. The summed E-state index contributed by atoms with van der Waals surface area (Å²) in [5.74, 6) is 1.34. The van der Waals surface area contributed by atoms with Gasteiger partial charge in [-0.15, -0.1) is 24.8 Å². The maximum absolute atomic E-state index is 13.3. The van der Waals surface area contributed by atoms with Crippen molar-refractivity contribution in [1.29, 1.82) is 0 Å². The number of amides is 1. The minimum atomic E-state index is -0.450. The third-order valence-electron chi connectivity index (χ3n) is 5.51. The van der Waals surface area contributed by atoms with Gasteiger partial charge >= 0.3 is 0 Å². The number of nitrogens with zero attached hydrogens (tertiary/aromatic N) is 3. The zero-order valence-electron chi connectivity index (χ0n) is 16.7. The van der Waals surface area contributed by atoms with Crippen LogP contribution in [0.15, 0.2) is 48.7 Å². The van der Waals surface area contributed by atoms with E-state index in [9.17, 15) is 4.79 Å². The van der Waals surface area contributed by atoms with Gasteiger partial charge in [-0.3, -0.25) is 9.69 Å². The highest BCUT2D eigenvalue weighted by atomic mass is 35.5. The summed E-state index contributed by atoms with van der Waals surface area (Å²) in [6, 6.07) is 14.0. The molecule has 2 aliphatic heterocycles. The summed E-state index contributed by atoms with van der Waals surface area (Å²) < 4.78 is 5.93. The van der Waals surface area contributed by atoms with E-state index in [1.807, 2.05) is 42.2 Å². The third-order valence-corrected chi connectivity index (χ3v) is 5.51. The van der Waals surface area contributed by atoms with Crippen LogP contribution in [0, 0.1) is 0 Å². The fourth-order valence-corrected chi connectivity index (χ4v) is 4.08. The number of carbonyl (C=O) groups excluding carboxylic acids is 1. The molecular weight excluding hydrogens is 409 g/mol. The first kappa shape index (κ1) is 23.5. The number of hydrogen-bond donors (Lipinski definition) is 0. The molecule has 158 valence electrons. The van der Waals surface area contributed by atoms with E-state index >= 15 is 0 Å². The lowest BCUT2D eigenvalue weighted by Crippen LogP contribution is -2.50. The second-order valence-electron chi connectivity index (χ2n) is 7.34. The number of pyridine rings is 1. The van der Waals surface area contributed by atoms with Crippen LogP contribution in [0.2, 0.25) is 0 Å². The van der Waals surface area contributed by atoms with Gasteiger partial charge < -0.3 is 9.64 Å². The second kappa shape index (κ2) is 10.8. The molecule has 1 fully saturated rings. The van der Waals surface area contributed by atoms with Crippen molar-refractivity contribution in [1.82, 2.24) is 9.88 Å². The maximum atomic E-state index is 13.3. The summed E-state index contributed by atoms with van der Waals surface area (Å²) in [5.41, 5.74) is 1.14. The molecule has 2 aliphatic rings. The standard InChI is InChI=1S/C22H27N3O2.2ClH/c1-2-19-22(26)25(21-20(27-19)12-9-13-23-21)18(17-10-5-3-6-11-17)16-24-14-7-4-8-15-24;;/h3,5-6,9-13,18-19H,2,4,7-8,14-16H2,1H3;2*1H. The molecule has 5 nitrogen and oxygen atoms in total. The number of anilines is 1. The molecule has 29 heavy (non-hydrogen) atoms. The first-order valence-electron chi connectivity index (χ1n) is 10.00. The van der Waals surface area contributed by atoms with Crippen molar-refractivity contribution in [2.75, 3.05) is 24.5 Å². The van der Waals surface area contributed by atoms with Crippen molar-refractivity contribution in [3.05, 3.63) is 54.2 Å². The number of carbonyl (C=O) groups is 1. The minimum absolute atomic E-state index is 0. The van der Waals surface area contributed by atoms with Crippen molar-refractivity contribution in [2.24, 2.45) is 0 Å². The minimum Gasteiger partial charge on any atom is -0.477 e. The Labute approximate surface area is 185 Å². The van der Waals surface area contributed by atoms with Crippen LogP contribution >= 0.6 is 24.8 Å². The van der Waals surface area contributed by atoms with Crippen LogP contribution in [0.5, 0.6) is 5.75 Å². The van der Waals surface area contributed by atoms with E-state index < -0.39 is 6.10 Å². The molecule has 3 heterocycles. The van der Waals surface area contributed by atoms with Gasteiger partial charge in [-0.25, -0.2) is 4.98 Å². The van der Waals surface area contributed by atoms with E-state index in [0.717, 1.165) is 25.2 Å². The average Bonchev–Trinajstić information content (AvgIpc) is 2.73. The van der Waals surface area contributed by atoms with Gasteiger partial charge in [-0.05, 0) is 50.0 Å². The van der Waals surface area contributed by atoms with Gasteiger partial charge in [0.15, 0.2) is 17.7 Å². The molecule has 2 aromatic rings. The Morgan fingerprint density at radius 1 is 1.07 bits per heavy atom. The Morgan fingerprint density at radius 3 is 2.48 bits per heavy atom. The zero-order valence-corrected chi connectivity index (χ0v) is 18.3. The highest BCUT2D eigenvalue weighted by molar-refractivity contribution is 5.99. The van der Waals surface area contributed by atoms with Crippen LogP contribution in [0.25, 0.3) is 0 Å². The zero-order chi connectivity index (χ0) is 18.6. The van der Waals surface area contributed by atoms with Gasteiger partial charge in [-0.2, -0.15) is 0 Å². The lowest BCUT2D eigenvalue weighted by molar-refractivity contribution is -0.127. The molecule has 2 unspecified atom stereocenters. The molecule has 4 rings (SSSR count). The molecule has 2 atom stereocenters. The van der Waals surface area contributed by atoms with E-state index in [-0.39, 0.29) is 36.8 Å². The van der Waals surface area contributed by atoms with Crippen molar-refractivity contribution in [2.45, 2.75) is 44.8 Å². The molecule has 7 heteroatoms. The highest BCUT2D eigenvalue weighted by Crippen LogP contribution is 2.38. The summed E-state index contributed by atoms with van der Waals surface area (Å²) in [6.07, 6.45) is 5.68. The van der Waals surface area contributed by atoms with Crippen LogP contribution in [0.4, 0.5) is 5.82 Å². The molecule has 0 radical (unpaired) electrons. The Bertz CT molecular complexity index is 785. The smallest absolute Gasteiger partial charge is 0.269 e. The Balaban J connectivity index is 0.00000150. The summed E-state index contributed by atoms with van der Waals surface area (Å²) in [4.78, 5) is 22.2. The molecule has 0 aliphatic carbocycles. The van der Waals surface area contributed by atoms with Crippen LogP contribution in [0.3, 0.4) is 0 Å². The van der Waals surface area contributed by atoms with Gasteiger partial charge in [0.2, 0.25) is 0 Å². The number of halogens is 2. The van der Waals surface area contributed by atoms with Gasteiger partial charge in [0.05, 0.1) is 6.04 Å². The summed E-state index contributed by atoms with van der Waals surface area (Å²) in [6.45, 7) is 4.99. The van der Waals surface area contributed by atoms with Crippen LogP contribution in [-0.4, -0.2) is 41.5 Å². The van der Waals surface area contributed by atoms with Gasteiger partial charge in [0, 0.05) is 12.7 Å². The highest BCUT2D eigenvalue weighted by Gasteiger charge is 2.39. The number of aromatic nitrogens is 1. The number of benzene rings is 1. The Hall–Kier alpha value is -1.82. The predicted molar refractivity (Wildman–Crippen MR) is 120 cm³/mol. The van der Waals surface area contributed by atoms with E-state index in [4.69, 9.17) is 4.74 Å². The van der Waals surface area contributed by atoms with Gasteiger partial charge in [-0.1, -0.05) is 43.7 Å². The van der Waals surface area contributed by atoms with E-state index in [0.29, 0.717) is 18.0 Å².